The maximum atomic E-state index is 7.55. The Labute approximate surface area is 74.0 Å². The fourth-order valence-electron chi connectivity index (χ4n) is 0.795. The average molecular weight is 241 g/mol. The first-order valence-corrected chi connectivity index (χ1v) is 4.83. The molecule has 1 unspecified atom stereocenters. The fourth-order valence-corrected chi connectivity index (χ4v) is 1.18. The summed E-state index contributed by atoms with van der Waals surface area (Å²) < 4.78 is 7.32. The molecule has 56 valence electrons. The lowest BCUT2D eigenvalue weighted by molar-refractivity contribution is 0.637. The van der Waals surface area contributed by atoms with Crippen LogP contribution in [0.2, 0.25) is 0 Å². The molecule has 0 nitrogen and oxygen atoms in total. The van der Waals surface area contributed by atoms with Crippen molar-refractivity contribution in [3.63, 3.8) is 0 Å². The number of halogens is 1. The van der Waals surface area contributed by atoms with E-state index in [2.05, 4.69) is 29.5 Å². The van der Waals surface area contributed by atoms with Crippen LogP contribution in [0.15, 0.2) is 0 Å². The molecule has 0 N–H and O–H groups in total. The highest BCUT2D eigenvalue weighted by Crippen LogP contribution is 2.10. The van der Waals surface area contributed by atoms with Gasteiger partial charge >= 0.3 is 0 Å². The molecule has 0 bridgehead atoms. The third kappa shape index (κ3) is 8.73. The molecule has 0 aromatic carbocycles. The van der Waals surface area contributed by atoms with Crippen molar-refractivity contribution >= 4 is 22.6 Å². The van der Waals surface area contributed by atoms with Gasteiger partial charge in [0.1, 0.15) is 0 Å². The van der Waals surface area contributed by atoms with Crippen LogP contribution in [0.3, 0.4) is 0 Å². The van der Waals surface area contributed by atoms with Crippen molar-refractivity contribution in [3.05, 3.63) is 0 Å². The summed E-state index contributed by atoms with van der Waals surface area (Å²) in [4.78, 5) is 0. The van der Waals surface area contributed by atoms with Crippen molar-refractivity contribution in [3.8, 4) is 0 Å². The molecule has 0 fully saturated rings. The van der Waals surface area contributed by atoms with Gasteiger partial charge in [-0.05, 0) is 6.42 Å². The standard InChI is InChI=1S/C8H17I/c1-3-4-5-6-7-8(2)9/h8H,3-7H2,1-2H3/i8D. The minimum atomic E-state index is -0.231. The number of unbranched alkanes of at least 4 members (excludes halogenated alkanes) is 3. The van der Waals surface area contributed by atoms with Crippen LogP contribution in [0.4, 0.5) is 0 Å². The Kier molecular flexibility index (Phi) is 5.96. The molecule has 9 heavy (non-hydrogen) atoms. The molecule has 0 saturated heterocycles. The van der Waals surface area contributed by atoms with E-state index in [0.717, 1.165) is 6.42 Å². The summed E-state index contributed by atoms with van der Waals surface area (Å²) in [7, 11) is 0. The predicted molar refractivity (Wildman–Crippen MR) is 52.2 cm³/mol. The highest BCUT2D eigenvalue weighted by atomic mass is 127. The van der Waals surface area contributed by atoms with Crippen LogP contribution in [0.25, 0.3) is 0 Å². The summed E-state index contributed by atoms with van der Waals surface area (Å²) in [5.74, 6) is 0. The molecule has 0 aromatic rings. The Morgan fingerprint density at radius 1 is 1.44 bits per heavy atom. The van der Waals surface area contributed by atoms with E-state index in [1.165, 1.54) is 25.7 Å². The van der Waals surface area contributed by atoms with E-state index in [-0.39, 0.29) is 3.90 Å². The minimum absolute atomic E-state index is 0.231. The molecule has 1 atom stereocenters. The summed E-state index contributed by atoms with van der Waals surface area (Å²) in [6.45, 7) is 4.18. The number of alkyl halides is 1. The maximum Gasteiger partial charge on any atom is 0.0411 e. The molecule has 0 aromatic heterocycles. The van der Waals surface area contributed by atoms with Gasteiger partial charge in [0.25, 0.3) is 0 Å². The van der Waals surface area contributed by atoms with Crippen molar-refractivity contribution in [1.82, 2.24) is 0 Å². The Balaban J connectivity index is 3.04. The summed E-state index contributed by atoms with van der Waals surface area (Å²) >= 11 is 2.20. The zero-order chi connectivity index (χ0) is 8.04. The van der Waals surface area contributed by atoms with Gasteiger partial charge in [-0.3, -0.25) is 0 Å². The van der Waals surface area contributed by atoms with E-state index in [4.69, 9.17) is 1.37 Å². The van der Waals surface area contributed by atoms with Gasteiger partial charge in [0.15, 0.2) is 0 Å². The van der Waals surface area contributed by atoms with Gasteiger partial charge in [0, 0.05) is 5.27 Å². The van der Waals surface area contributed by atoms with Crippen molar-refractivity contribution in [1.29, 1.82) is 0 Å². The molecular weight excluding hydrogens is 223 g/mol. The second kappa shape index (κ2) is 6.84. The van der Waals surface area contributed by atoms with Crippen LogP contribution >= 0.6 is 22.6 Å². The molecular formula is C8H17I. The second-order valence-corrected chi connectivity index (χ2v) is 4.33. The van der Waals surface area contributed by atoms with Crippen molar-refractivity contribution in [2.45, 2.75) is 49.9 Å². The predicted octanol–water partition coefficient (Wildman–Crippen LogP) is 3.78. The van der Waals surface area contributed by atoms with Crippen LogP contribution in [0, 0.1) is 0 Å². The molecule has 0 aliphatic heterocycles. The molecule has 0 spiro atoms. The van der Waals surface area contributed by atoms with Crippen LogP contribution < -0.4 is 0 Å². The molecule has 0 aliphatic rings. The Morgan fingerprint density at radius 3 is 2.56 bits per heavy atom. The van der Waals surface area contributed by atoms with E-state index in [1.807, 2.05) is 6.92 Å². The summed E-state index contributed by atoms with van der Waals surface area (Å²) in [5.41, 5.74) is 0. The zero-order valence-corrected chi connectivity index (χ0v) is 8.57. The lowest BCUT2D eigenvalue weighted by Crippen LogP contribution is -1.88. The number of rotatable bonds is 5. The SMILES string of the molecule is [2H]C(C)(I)CCCCCC. The highest BCUT2D eigenvalue weighted by molar-refractivity contribution is 14.1. The summed E-state index contributed by atoms with van der Waals surface area (Å²) in [5, 5.41) is 0. The average Bonchev–Trinajstić information content (AvgIpc) is 1.78. The van der Waals surface area contributed by atoms with E-state index in [9.17, 15) is 0 Å². The van der Waals surface area contributed by atoms with Gasteiger partial charge in [-0.15, -0.1) is 0 Å². The third-order valence-corrected chi connectivity index (χ3v) is 1.91. The lowest BCUT2D eigenvalue weighted by Gasteiger charge is -2.00. The first-order valence-electron chi connectivity index (χ1n) is 4.25. The van der Waals surface area contributed by atoms with E-state index in [0.29, 0.717) is 0 Å². The van der Waals surface area contributed by atoms with Crippen molar-refractivity contribution in [2.75, 3.05) is 0 Å². The smallest absolute Gasteiger partial charge is 0.0411 e. The third-order valence-electron chi connectivity index (χ3n) is 1.37. The van der Waals surface area contributed by atoms with E-state index < -0.39 is 0 Å². The Bertz CT molecular complexity index is 75.8. The summed E-state index contributed by atoms with van der Waals surface area (Å²) in [6.07, 6.45) is 6.17. The molecule has 0 radical (unpaired) electrons. The number of hydrogen-bond acceptors (Lipinski definition) is 0. The topological polar surface area (TPSA) is 0 Å². The van der Waals surface area contributed by atoms with Crippen LogP contribution in [-0.4, -0.2) is 3.90 Å². The second-order valence-electron chi connectivity index (χ2n) is 2.49. The molecule has 0 saturated carbocycles. The maximum absolute atomic E-state index is 7.55. The highest BCUT2D eigenvalue weighted by Gasteiger charge is 1.93. The quantitative estimate of drug-likeness (QED) is 0.390. The van der Waals surface area contributed by atoms with Crippen molar-refractivity contribution < 1.29 is 1.37 Å². The minimum Gasteiger partial charge on any atom is -0.0829 e. The normalized spacial score (nSPS) is 18.8. The van der Waals surface area contributed by atoms with Crippen LogP contribution in [0.5, 0.6) is 0 Å². The lowest BCUT2D eigenvalue weighted by atomic mass is 10.1. The van der Waals surface area contributed by atoms with Crippen molar-refractivity contribution in [2.24, 2.45) is 0 Å². The molecule has 0 rings (SSSR count). The van der Waals surface area contributed by atoms with Crippen LogP contribution in [-0.2, 0) is 0 Å². The summed E-state index contributed by atoms with van der Waals surface area (Å²) in [6, 6.07) is 0. The molecule has 0 amide bonds. The Morgan fingerprint density at radius 2 is 2.11 bits per heavy atom. The monoisotopic (exact) mass is 241 g/mol. The Hall–Kier alpha value is 0.730. The number of hydrogen-bond donors (Lipinski definition) is 0. The van der Waals surface area contributed by atoms with Gasteiger partial charge in [0.2, 0.25) is 0 Å². The van der Waals surface area contributed by atoms with Crippen LogP contribution in [0.1, 0.15) is 47.3 Å². The molecule has 0 aliphatic carbocycles. The first-order chi connectivity index (χ1) is 4.56. The van der Waals surface area contributed by atoms with E-state index >= 15 is 0 Å². The van der Waals surface area contributed by atoms with E-state index in [1.54, 1.807) is 0 Å². The molecule has 0 heterocycles. The zero-order valence-electron chi connectivity index (χ0n) is 7.41. The van der Waals surface area contributed by atoms with Gasteiger partial charge in [-0.1, -0.05) is 62.1 Å². The van der Waals surface area contributed by atoms with Gasteiger partial charge < -0.3 is 0 Å². The largest absolute Gasteiger partial charge is 0.0829 e. The van der Waals surface area contributed by atoms with Gasteiger partial charge in [-0.25, -0.2) is 0 Å². The van der Waals surface area contributed by atoms with Gasteiger partial charge in [0.05, 0.1) is 0 Å². The van der Waals surface area contributed by atoms with Gasteiger partial charge in [-0.2, -0.15) is 0 Å². The molecule has 1 heteroatoms. The first kappa shape index (κ1) is 7.83. The fraction of sp³-hybridized carbons (Fsp3) is 1.00.